The second-order valence-corrected chi connectivity index (χ2v) is 7.09. The summed E-state index contributed by atoms with van der Waals surface area (Å²) in [5.41, 5.74) is 0.927. The Morgan fingerprint density at radius 1 is 0.793 bits per heavy atom. The summed E-state index contributed by atoms with van der Waals surface area (Å²) in [4.78, 5) is 24.3. The third-order valence-corrected chi connectivity index (χ3v) is 4.87. The molecular formula is C23H30N2O4. The van der Waals surface area contributed by atoms with E-state index in [-0.39, 0.29) is 13.2 Å². The predicted molar refractivity (Wildman–Crippen MR) is 115 cm³/mol. The fourth-order valence-corrected chi connectivity index (χ4v) is 2.91. The molecule has 6 heteroatoms. The third-order valence-electron chi connectivity index (χ3n) is 4.87. The molecule has 0 aliphatic heterocycles. The lowest BCUT2D eigenvalue weighted by Gasteiger charge is -2.31. The summed E-state index contributed by atoms with van der Waals surface area (Å²) in [7, 11) is 0. The summed E-state index contributed by atoms with van der Waals surface area (Å²) >= 11 is 0. The fraction of sp³-hybridized carbons (Fsp3) is 0.391. The molecule has 6 nitrogen and oxygen atoms in total. The third kappa shape index (κ3) is 7.86. The Labute approximate surface area is 172 Å². The molecule has 0 fully saturated rings. The van der Waals surface area contributed by atoms with Crippen LogP contribution in [0.2, 0.25) is 0 Å². The summed E-state index contributed by atoms with van der Waals surface area (Å²) in [6.07, 6.45) is 2.47. The average molecular weight is 399 g/mol. The van der Waals surface area contributed by atoms with Gasteiger partial charge in [0.15, 0.2) is 0 Å². The Morgan fingerprint density at radius 3 is 1.62 bits per heavy atom. The molecule has 0 unspecified atom stereocenters. The van der Waals surface area contributed by atoms with Gasteiger partial charge in [0.25, 0.3) is 0 Å². The number of anilines is 2. The van der Waals surface area contributed by atoms with E-state index in [1.54, 1.807) is 24.3 Å². The number of unbranched alkanes of at least 4 members (excludes halogenated alkanes) is 1. The molecule has 156 valence electrons. The predicted octanol–water partition coefficient (Wildman–Crippen LogP) is 6.07. The molecule has 0 radical (unpaired) electrons. The number of carbonyl (C=O) groups excluding carboxylic acids is 2. The summed E-state index contributed by atoms with van der Waals surface area (Å²) in [6.45, 7) is 4.49. The van der Waals surface area contributed by atoms with Crippen LogP contribution in [0.25, 0.3) is 0 Å². The first-order valence-corrected chi connectivity index (χ1v) is 10.0. The van der Waals surface area contributed by atoms with E-state index in [0.29, 0.717) is 11.4 Å². The van der Waals surface area contributed by atoms with Crippen molar-refractivity contribution in [2.45, 2.75) is 39.5 Å². The van der Waals surface area contributed by atoms with Crippen molar-refractivity contribution in [3.05, 3.63) is 60.7 Å². The van der Waals surface area contributed by atoms with Crippen LogP contribution in [0.4, 0.5) is 21.0 Å². The van der Waals surface area contributed by atoms with Gasteiger partial charge in [-0.2, -0.15) is 0 Å². The summed E-state index contributed by atoms with van der Waals surface area (Å²) in [5.74, 6) is 0. The zero-order chi connectivity index (χ0) is 21.0. The molecule has 0 aliphatic rings. The molecule has 0 heterocycles. The Morgan fingerprint density at radius 2 is 1.24 bits per heavy atom. The fourth-order valence-electron chi connectivity index (χ4n) is 2.91. The van der Waals surface area contributed by atoms with E-state index >= 15 is 0 Å². The molecule has 0 saturated carbocycles. The lowest BCUT2D eigenvalue weighted by atomic mass is 9.82. The minimum absolute atomic E-state index is 0.181. The number of rotatable bonds is 10. The van der Waals surface area contributed by atoms with Crippen molar-refractivity contribution < 1.29 is 19.1 Å². The summed E-state index contributed by atoms with van der Waals surface area (Å²) in [5, 5.41) is 5.42. The van der Waals surface area contributed by atoms with Gasteiger partial charge in [-0.15, -0.1) is 0 Å². The van der Waals surface area contributed by atoms with Gasteiger partial charge in [0, 0.05) is 16.8 Å². The van der Waals surface area contributed by atoms with Crippen molar-refractivity contribution >= 4 is 23.6 Å². The van der Waals surface area contributed by atoms with Crippen LogP contribution in [0.3, 0.4) is 0 Å². The van der Waals surface area contributed by atoms with Crippen molar-refractivity contribution in [1.82, 2.24) is 0 Å². The Bertz CT molecular complexity index is 692. The van der Waals surface area contributed by atoms with E-state index in [0.717, 1.165) is 25.7 Å². The Hall–Kier alpha value is -3.02. The minimum Gasteiger partial charge on any atom is -0.449 e. The van der Waals surface area contributed by atoms with E-state index in [1.807, 2.05) is 43.3 Å². The first-order valence-electron chi connectivity index (χ1n) is 10.0. The van der Waals surface area contributed by atoms with Crippen molar-refractivity contribution in [2.75, 3.05) is 23.8 Å². The maximum absolute atomic E-state index is 12.2. The number of ether oxygens (including phenoxy) is 2. The topological polar surface area (TPSA) is 76.7 Å². The van der Waals surface area contributed by atoms with Crippen molar-refractivity contribution in [3.8, 4) is 0 Å². The SMILES string of the molecule is CCCCC(CC)(COC(=O)Nc1ccccc1)COC(=O)Nc1ccccc1. The van der Waals surface area contributed by atoms with Crippen LogP contribution >= 0.6 is 0 Å². The van der Waals surface area contributed by atoms with Gasteiger partial charge >= 0.3 is 12.2 Å². The monoisotopic (exact) mass is 398 g/mol. The van der Waals surface area contributed by atoms with Gasteiger partial charge in [0.1, 0.15) is 13.2 Å². The smallest absolute Gasteiger partial charge is 0.411 e. The zero-order valence-electron chi connectivity index (χ0n) is 17.1. The number of hydrogen-bond donors (Lipinski definition) is 2. The first kappa shape index (κ1) is 22.3. The first-order chi connectivity index (χ1) is 14.1. The molecule has 0 aromatic heterocycles. The van der Waals surface area contributed by atoms with E-state index in [4.69, 9.17) is 9.47 Å². The number of carbonyl (C=O) groups is 2. The van der Waals surface area contributed by atoms with Crippen LogP contribution in [-0.4, -0.2) is 25.4 Å². The standard InChI is InChI=1S/C23H30N2O4/c1-3-5-16-23(4-2,17-28-21(26)24-19-12-8-6-9-13-19)18-29-22(27)25-20-14-10-7-11-15-20/h6-15H,3-5,16-18H2,1-2H3,(H,24,26)(H,25,27). The average Bonchev–Trinajstić information content (AvgIpc) is 2.75. The number of hydrogen-bond acceptors (Lipinski definition) is 4. The molecule has 2 amide bonds. The highest BCUT2D eigenvalue weighted by molar-refractivity contribution is 5.85. The second-order valence-electron chi connectivity index (χ2n) is 7.09. The number of nitrogens with one attached hydrogen (secondary N) is 2. The molecular weight excluding hydrogens is 368 g/mol. The van der Waals surface area contributed by atoms with Crippen molar-refractivity contribution in [3.63, 3.8) is 0 Å². The van der Waals surface area contributed by atoms with Crippen LogP contribution < -0.4 is 10.6 Å². The summed E-state index contributed by atoms with van der Waals surface area (Å²) < 4.78 is 11.0. The van der Waals surface area contributed by atoms with Gasteiger partial charge < -0.3 is 9.47 Å². The maximum Gasteiger partial charge on any atom is 0.411 e. The molecule has 2 N–H and O–H groups in total. The van der Waals surface area contributed by atoms with Crippen LogP contribution in [0.5, 0.6) is 0 Å². The van der Waals surface area contributed by atoms with Gasteiger partial charge in [0.05, 0.1) is 0 Å². The molecule has 0 bridgehead atoms. The normalized spacial score (nSPS) is 10.8. The highest BCUT2D eigenvalue weighted by Gasteiger charge is 2.31. The van der Waals surface area contributed by atoms with Gasteiger partial charge in [-0.05, 0) is 37.1 Å². The molecule has 2 aromatic rings. The van der Waals surface area contributed by atoms with Crippen LogP contribution in [0.1, 0.15) is 39.5 Å². The van der Waals surface area contributed by atoms with Crippen LogP contribution in [-0.2, 0) is 9.47 Å². The molecule has 29 heavy (non-hydrogen) atoms. The highest BCUT2D eigenvalue weighted by atomic mass is 16.6. The van der Waals surface area contributed by atoms with Crippen LogP contribution in [0, 0.1) is 5.41 Å². The molecule has 0 saturated heterocycles. The van der Waals surface area contributed by atoms with E-state index in [9.17, 15) is 9.59 Å². The number of amides is 2. The minimum atomic E-state index is -0.515. The number of para-hydroxylation sites is 2. The lowest BCUT2D eigenvalue weighted by molar-refractivity contribution is 0.0241. The molecule has 2 rings (SSSR count). The zero-order valence-corrected chi connectivity index (χ0v) is 17.1. The number of benzene rings is 2. The quantitative estimate of drug-likeness (QED) is 0.509. The largest absolute Gasteiger partial charge is 0.449 e. The van der Waals surface area contributed by atoms with Gasteiger partial charge in [-0.25, -0.2) is 9.59 Å². The van der Waals surface area contributed by atoms with E-state index < -0.39 is 17.6 Å². The highest BCUT2D eigenvalue weighted by Crippen LogP contribution is 2.30. The Balaban J connectivity index is 1.91. The maximum atomic E-state index is 12.2. The Kier molecular flexibility index (Phi) is 9.02. The summed E-state index contributed by atoms with van der Waals surface area (Å²) in [6, 6.07) is 18.3. The molecule has 2 aromatic carbocycles. The molecule has 0 atom stereocenters. The second kappa shape index (κ2) is 11.7. The van der Waals surface area contributed by atoms with E-state index in [2.05, 4.69) is 17.6 Å². The van der Waals surface area contributed by atoms with Gasteiger partial charge in [0.2, 0.25) is 0 Å². The lowest BCUT2D eigenvalue weighted by Crippen LogP contribution is -2.35. The molecule has 0 spiro atoms. The van der Waals surface area contributed by atoms with Gasteiger partial charge in [-0.1, -0.05) is 63.1 Å². The van der Waals surface area contributed by atoms with Crippen molar-refractivity contribution in [1.29, 1.82) is 0 Å². The van der Waals surface area contributed by atoms with Gasteiger partial charge in [-0.3, -0.25) is 10.6 Å². The van der Waals surface area contributed by atoms with E-state index in [1.165, 1.54) is 0 Å². The molecule has 0 aliphatic carbocycles. The van der Waals surface area contributed by atoms with Crippen LogP contribution in [0.15, 0.2) is 60.7 Å². The van der Waals surface area contributed by atoms with Crippen molar-refractivity contribution in [2.24, 2.45) is 5.41 Å².